The van der Waals surface area contributed by atoms with Crippen molar-refractivity contribution in [2.75, 3.05) is 0 Å². The molecule has 0 bridgehead atoms. The molecule has 1 unspecified atom stereocenters. The van der Waals surface area contributed by atoms with E-state index >= 15 is 0 Å². The average molecular weight is 394 g/mol. The van der Waals surface area contributed by atoms with E-state index in [1.807, 2.05) is 12.2 Å². The van der Waals surface area contributed by atoms with Crippen molar-refractivity contribution in [2.24, 2.45) is 0 Å². The molecule has 0 amide bonds. The van der Waals surface area contributed by atoms with Gasteiger partial charge in [-0.3, -0.25) is 0 Å². The van der Waals surface area contributed by atoms with Crippen LogP contribution >= 0.6 is 0 Å². The number of nitrogens with zero attached hydrogens (tertiary/aromatic N) is 2. The Hall–Kier alpha value is -2.92. The summed E-state index contributed by atoms with van der Waals surface area (Å²) < 4.78 is 28.8. The molecule has 0 aliphatic heterocycles. The molecule has 1 heterocycles. The first-order valence-corrected chi connectivity index (χ1v) is 9.69. The van der Waals surface area contributed by atoms with Crippen LogP contribution in [0.15, 0.2) is 55.3 Å². The fraction of sp³-hybridized carbons (Fsp3) is 0.250. The normalized spacial score (nSPS) is 12.6. The second-order valence-corrected chi connectivity index (χ2v) is 7.08. The molecule has 1 atom stereocenters. The minimum atomic E-state index is -0.860. The van der Waals surface area contributed by atoms with Gasteiger partial charge in [0, 0.05) is 17.1 Å². The van der Waals surface area contributed by atoms with Crippen LogP contribution in [0.1, 0.15) is 37.6 Å². The molecule has 1 N–H and O–H groups in total. The quantitative estimate of drug-likeness (QED) is 0.384. The highest BCUT2D eigenvalue weighted by Gasteiger charge is 2.14. The fourth-order valence-electron chi connectivity index (χ4n) is 3.14. The lowest BCUT2D eigenvalue weighted by Gasteiger charge is -2.09. The fourth-order valence-corrected chi connectivity index (χ4v) is 3.14. The number of fused-ring (bicyclic) bond motifs is 1. The largest absolute Gasteiger partial charge is 0.393 e. The van der Waals surface area contributed by atoms with Gasteiger partial charge < -0.3 is 5.11 Å². The van der Waals surface area contributed by atoms with Gasteiger partial charge in [-0.15, -0.1) is 6.58 Å². The Morgan fingerprint density at radius 2 is 2.00 bits per heavy atom. The van der Waals surface area contributed by atoms with Crippen molar-refractivity contribution in [3.05, 3.63) is 78.3 Å². The van der Waals surface area contributed by atoms with E-state index in [9.17, 15) is 13.9 Å². The molecule has 3 aromatic rings. The summed E-state index contributed by atoms with van der Waals surface area (Å²) >= 11 is 0. The topological polar surface area (TPSA) is 46.0 Å². The third-order valence-electron chi connectivity index (χ3n) is 4.70. The summed E-state index contributed by atoms with van der Waals surface area (Å²) in [4.78, 5) is 8.82. The molecular weight excluding hydrogens is 370 g/mol. The highest BCUT2D eigenvalue weighted by atomic mass is 19.2. The van der Waals surface area contributed by atoms with Gasteiger partial charge in [0.25, 0.3) is 0 Å². The van der Waals surface area contributed by atoms with Crippen molar-refractivity contribution in [3.63, 3.8) is 0 Å². The Morgan fingerprint density at radius 1 is 1.17 bits per heavy atom. The zero-order chi connectivity index (χ0) is 20.8. The summed E-state index contributed by atoms with van der Waals surface area (Å²) in [7, 11) is 0. The highest BCUT2D eigenvalue weighted by molar-refractivity contribution is 5.84. The second kappa shape index (κ2) is 9.52. The summed E-state index contributed by atoms with van der Waals surface area (Å²) in [6, 6.07) is 8.45. The first kappa shape index (κ1) is 20.8. The lowest BCUT2D eigenvalue weighted by molar-refractivity contribution is 0.182. The minimum absolute atomic E-state index is 0.208. The third kappa shape index (κ3) is 5.12. The van der Waals surface area contributed by atoms with E-state index in [1.54, 1.807) is 49.5 Å². The zero-order valence-corrected chi connectivity index (χ0v) is 16.4. The summed E-state index contributed by atoms with van der Waals surface area (Å²) in [5.41, 5.74) is 1.80. The van der Waals surface area contributed by atoms with Gasteiger partial charge in [-0.05, 0) is 61.9 Å². The van der Waals surface area contributed by atoms with Gasteiger partial charge in [-0.25, -0.2) is 18.7 Å². The third-order valence-corrected chi connectivity index (χ3v) is 4.70. The zero-order valence-electron chi connectivity index (χ0n) is 16.4. The van der Waals surface area contributed by atoms with Gasteiger partial charge in [-0.1, -0.05) is 30.4 Å². The van der Waals surface area contributed by atoms with Gasteiger partial charge in [0.1, 0.15) is 0 Å². The van der Waals surface area contributed by atoms with E-state index in [0.717, 1.165) is 30.2 Å². The number of halogens is 2. The first-order valence-electron chi connectivity index (χ1n) is 9.69. The Kier molecular flexibility index (Phi) is 6.83. The summed E-state index contributed by atoms with van der Waals surface area (Å²) in [6.07, 6.45) is 9.57. The number of unbranched alkanes of at least 4 members (excludes halogenated alkanes) is 1. The number of aliphatic hydroxyl groups is 1. The summed E-state index contributed by atoms with van der Waals surface area (Å²) in [5.74, 6) is -1.11. The number of aromatic nitrogens is 2. The molecule has 3 rings (SSSR count). The molecule has 0 spiro atoms. The van der Waals surface area contributed by atoms with Crippen LogP contribution in [0.5, 0.6) is 0 Å². The van der Waals surface area contributed by atoms with Crippen LogP contribution in [0.3, 0.4) is 0 Å². The summed E-state index contributed by atoms with van der Waals surface area (Å²) in [6.45, 7) is 5.34. The Balaban J connectivity index is 1.82. The predicted octanol–water partition coefficient (Wildman–Crippen LogP) is 5.87. The Morgan fingerprint density at radius 3 is 2.76 bits per heavy atom. The van der Waals surface area contributed by atoms with Crippen molar-refractivity contribution < 1.29 is 13.9 Å². The van der Waals surface area contributed by atoms with E-state index in [1.165, 1.54) is 0 Å². The van der Waals surface area contributed by atoms with Gasteiger partial charge in [-0.2, -0.15) is 0 Å². The molecule has 150 valence electrons. The first-order chi connectivity index (χ1) is 14.0. The maximum atomic E-state index is 14.5. The van der Waals surface area contributed by atoms with Gasteiger partial charge in [0.2, 0.25) is 0 Å². The van der Waals surface area contributed by atoms with Crippen molar-refractivity contribution in [1.82, 2.24) is 9.97 Å². The Bertz CT molecular complexity index is 1040. The van der Waals surface area contributed by atoms with Crippen LogP contribution in [0.4, 0.5) is 8.78 Å². The Labute approximate surface area is 169 Å². The standard InChI is InChI=1S/C24H24F2N2O/c1-3-7-17-10-12-20(24(26)23(17)25)18-11-13-21-19(14-18)15-27-22(28-21)9-6-4-5-8-16(2)29/h3,6,9-16,29H,1,4-5,7-8H2,2H3. The van der Waals surface area contributed by atoms with Crippen molar-refractivity contribution >= 4 is 17.0 Å². The van der Waals surface area contributed by atoms with Crippen molar-refractivity contribution in [2.45, 2.75) is 38.7 Å². The molecule has 29 heavy (non-hydrogen) atoms. The van der Waals surface area contributed by atoms with Crippen LogP contribution in [-0.2, 0) is 6.42 Å². The van der Waals surface area contributed by atoms with Crippen molar-refractivity contribution in [3.8, 4) is 11.1 Å². The molecule has 0 radical (unpaired) electrons. The maximum absolute atomic E-state index is 14.5. The van der Waals surface area contributed by atoms with Gasteiger partial charge in [0.05, 0.1) is 11.6 Å². The molecule has 0 saturated heterocycles. The monoisotopic (exact) mass is 394 g/mol. The molecule has 1 aromatic heterocycles. The van der Waals surface area contributed by atoms with Gasteiger partial charge in [0.15, 0.2) is 17.5 Å². The second-order valence-electron chi connectivity index (χ2n) is 7.08. The van der Waals surface area contributed by atoms with E-state index in [-0.39, 0.29) is 23.7 Å². The van der Waals surface area contributed by atoms with Crippen LogP contribution < -0.4 is 0 Å². The van der Waals surface area contributed by atoms with E-state index in [0.29, 0.717) is 11.4 Å². The van der Waals surface area contributed by atoms with E-state index in [2.05, 4.69) is 16.5 Å². The van der Waals surface area contributed by atoms with Crippen molar-refractivity contribution in [1.29, 1.82) is 0 Å². The lowest BCUT2D eigenvalue weighted by Crippen LogP contribution is -1.97. The maximum Gasteiger partial charge on any atom is 0.166 e. The number of allylic oxidation sites excluding steroid dienone is 2. The van der Waals surface area contributed by atoms with Crippen LogP contribution in [0, 0.1) is 11.6 Å². The smallest absolute Gasteiger partial charge is 0.166 e. The number of benzene rings is 2. The lowest BCUT2D eigenvalue weighted by atomic mass is 10.00. The van der Waals surface area contributed by atoms with Crippen LogP contribution in [-0.4, -0.2) is 21.2 Å². The van der Waals surface area contributed by atoms with Crippen LogP contribution in [0.2, 0.25) is 0 Å². The van der Waals surface area contributed by atoms with Crippen LogP contribution in [0.25, 0.3) is 28.1 Å². The number of hydrogen-bond acceptors (Lipinski definition) is 3. The molecule has 3 nitrogen and oxygen atoms in total. The molecule has 0 aliphatic carbocycles. The predicted molar refractivity (Wildman–Crippen MR) is 113 cm³/mol. The van der Waals surface area contributed by atoms with E-state index < -0.39 is 11.6 Å². The highest BCUT2D eigenvalue weighted by Crippen LogP contribution is 2.29. The van der Waals surface area contributed by atoms with E-state index in [4.69, 9.17) is 0 Å². The molecular formula is C24H24F2N2O. The number of rotatable bonds is 8. The molecule has 0 saturated carbocycles. The average Bonchev–Trinajstić information content (AvgIpc) is 2.71. The number of hydrogen-bond donors (Lipinski definition) is 1. The molecule has 0 aliphatic rings. The number of aliphatic hydroxyl groups excluding tert-OH is 1. The molecule has 5 heteroatoms. The van der Waals surface area contributed by atoms with Gasteiger partial charge >= 0.3 is 0 Å². The molecule has 0 fully saturated rings. The minimum Gasteiger partial charge on any atom is -0.393 e. The SMILES string of the molecule is C=CCc1ccc(-c2ccc3nc(C=CCCCC(C)O)ncc3c2)c(F)c1F. The molecule has 2 aromatic carbocycles. The summed E-state index contributed by atoms with van der Waals surface area (Å²) in [5, 5.41) is 10.0.